The highest BCUT2D eigenvalue weighted by Gasteiger charge is 1.99. The largest absolute Gasteiger partial charge is 0.394 e. The van der Waals surface area contributed by atoms with Crippen molar-refractivity contribution in [1.82, 2.24) is 0 Å². The highest BCUT2D eigenvalue weighted by atomic mass is 16.5. The summed E-state index contributed by atoms with van der Waals surface area (Å²) >= 11 is 0. The van der Waals surface area contributed by atoms with Gasteiger partial charge in [-0.15, -0.1) is 0 Å². The van der Waals surface area contributed by atoms with Gasteiger partial charge in [0, 0.05) is 0 Å². The first-order chi connectivity index (χ1) is 4.56. The van der Waals surface area contributed by atoms with Gasteiger partial charge in [-0.1, -0.05) is 0 Å². The van der Waals surface area contributed by atoms with E-state index in [2.05, 4.69) is 0 Å². The van der Waals surface area contributed by atoms with Crippen LogP contribution in [0.15, 0.2) is 0 Å². The van der Waals surface area contributed by atoms with E-state index in [1.165, 1.54) is 0 Å². The molecular formula is C5H12O5. The number of aliphatic hydroxyl groups excluding tert-OH is 3. The van der Waals surface area contributed by atoms with E-state index in [1.807, 2.05) is 0 Å². The first-order valence-electron chi connectivity index (χ1n) is 2.64. The van der Waals surface area contributed by atoms with Crippen molar-refractivity contribution in [1.29, 1.82) is 0 Å². The topological polar surface area (TPSA) is 98.0 Å². The summed E-state index contributed by atoms with van der Waals surface area (Å²) < 4.78 is 0. The molecule has 0 aromatic carbocycles. The zero-order valence-corrected chi connectivity index (χ0v) is 5.69. The van der Waals surface area contributed by atoms with E-state index in [0.29, 0.717) is 0 Å². The second kappa shape index (κ2) is 8.51. The zero-order chi connectivity index (χ0) is 8.57. The number of hydrogen-bond acceptors (Lipinski definition) is 5. The van der Waals surface area contributed by atoms with Gasteiger partial charge in [0.25, 0.3) is 0 Å². The molecule has 0 aliphatic heterocycles. The van der Waals surface area contributed by atoms with Crippen molar-refractivity contribution in [3.05, 3.63) is 0 Å². The summed E-state index contributed by atoms with van der Waals surface area (Å²) in [5, 5.41) is 30.9. The third-order valence-electron chi connectivity index (χ3n) is 0.464. The Bertz CT molecular complexity index is 78.1. The fourth-order valence-corrected chi connectivity index (χ4v) is 0. The Kier molecular flexibility index (Phi) is 10.4. The molecule has 0 rings (SSSR count). The summed E-state index contributed by atoms with van der Waals surface area (Å²) in [6, 6.07) is 0. The third-order valence-corrected chi connectivity index (χ3v) is 0.464. The Morgan fingerprint density at radius 1 is 1.30 bits per heavy atom. The van der Waals surface area contributed by atoms with Crippen LogP contribution in [0.4, 0.5) is 0 Å². The molecule has 0 bridgehead atoms. The van der Waals surface area contributed by atoms with E-state index >= 15 is 0 Å². The van der Waals surface area contributed by atoms with Crippen LogP contribution in [0.5, 0.6) is 0 Å². The molecule has 0 spiro atoms. The molecule has 0 saturated carbocycles. The standard InChI is InChI=1S/C3H6O3.C2H6O2/c1-2(4)3(5)6;3-1-2-4/h3,5-6H,1H3;3-4H,1-2H2. The summed E-state index contributed by atoms with van der Waals surface area (Å²) in [5.41, 5.74) is 0. The molecule has 4 N–H and O–H groups in total. The van der Waals surface area contributed by atoms with Crippen LogP contribution >= 0.6 is 0 Å². The average molecular weight is 152 g/mol. The second-order valence-corrected chi connectivity index (χ2v) is 1.43. The quantitative estimate of drug-likeness (QED) is 0.338. The van der Waals surface area contributed by atoms with Crippen LogP contribution in [0.1, 0.15) is 6.92 Å². The van der Waals surface area contributed by atoms with Gasteiger partial charge in [-0.2, -0.15) is 0 Å². The van der Waals surface area contributed by atoms with Crippen molar-refractivity contribution >= 4 is 5.78 Å². The molecule has 5 nitrogen and oxygen atoms in total. The molecule has 0 unspecified atom stereocenters. The van der Waals surface area contributed by atoms with Gasteiger partial charge in [0.1, 0.15) is 0 Å². The molecule has 10 heavy (non-hydrogen) atoms. The summed E-state index contributed by atoms with van der Waals surface area (Å²) in [6.45, 7) is 0.852. The molecule has 0 radical (unpaired) electrons. The van der Waals surface area contributed by atoms with Crippen LogP contribution < -0.4 is 0 Å². The lowest BCUT2D eigenvalue weighted by Crippen LogP contribution is -2.14. The summed E-state index contributed by atoms with van der Waals surface area (Å²) in [6.07, 6.45) is -1.79. The van der Waals surface area contributed by atoms with Crippen LogP contribution in [0.25, 0.3) is 0 Å². The van der Waals surface area contributed by atoms with Crippen LogP contribution in [-0.2, 0) is 4.79 Å². The number of aliphatic hydroxyl groups is 4. The Morgan fingerprint density at radius 3 is 1.50 bits per heavy atom. The first-order valence-corrected chi connectivity index (χ1v) is 2.64. The van der Waals surface area contributed by atoms with Crippen molar-refractivity contribution in [2.24, 2.45) is 0 Å². The van der Waals surface area contributed by atoms with Gasteiger partial charge in [0.15, 0.2) is 5.78 Å². The molecular weight excluding hydrogens is 140 g/mol. The molecule has 0 heterocycles. The second-order valence-electron chi connectivity index (χ2n) is 1.43. The smallest absolute Gasteiger partial charge is 0.212 e. The minimum atomic E-state index is -1.79. The zero-order valence-electron chi connectivity index (χ0n) is 5.69. The number of ketones is 1. The van der Waals surface area contributed by atoms with E-state index in [4.69, 9.17) is 20.4 Å². The summed E-state index contributed by atoms with van der Waals surface area (Å²) in [5.74, 6) is -0.630. The molecule has 62 valence electrons. The predicted molar refractivity (Wildman–Crippen MR) is 33.1 cm³/mol. The normalized spacial score (nSPS) is 8.60. The number of carbonyl (C=O) groups is 1. The lowest BCUT2D eigenvalue weighted by molar-refractivity contribution is -0.142. The van der Waals surface area contributed by atoms with Crippen LogP contribution in [0.3, 0.4) is 0 Å². The van der Waals surface area contributed by atoms with Gasteiger partial charge in [0.05, 0.1) is 13.2 Å². The number of hydrogen-bond donors (Lipinski definition) is 4. The SMILES string of the molecule is CC(=O)C(O)O.OCCO. The molecule has 0 aliphatic carbocycles. The lowest BCUT2D eigenvalue weighted by atomic mass is 10.4. The average Bonchev–Trinajstić information content (AvgIpc) is 1.89. The van der Waals surface area contributed by atoms with Gasteiger partial charge in [-0.3, -0.25) is 4.79 Å². The van der Waals surface area contributed by atoms with Crippen LogP contribution in [0, 0.1) is 0 Å². The minimum Gasteiger partial charge on any atom is -0.394 e. The highest BCUT2D eigenvalue weighted by Crippen LogP contribution is 1.72. The first kappa shape index (κ1) is 12.2. The Morgan fingerprint density at radius 2 is 1.50 bits per heavy atom. The van der Waals surface area contributed by atoms with E-state index in [0.717, 1.165) is 6.92 Å². The number of carbonyl (C=O) groups excluding carboxylic acids is 1. The highest BCUT2D eigenvalue weighted by molar-refractivity contribution is 5.78. The van der Waals surface area contributed by atoms with E-state index in [9.17, 15) is 4.79 Å². The van der Waals surface area contributed by atoms with Crippen molar-refractivity contribution in [2.45, 2.75) is 13.2 Å². The van der Waals surface area contributed by atoms with Crippen molar-refractivity contribution in [3.8, 4) is 0 Å². The maximum atomic E-state index is 9.64. The monoisotopic (exact) mass is 152 g/mol. The van der Waals surface area contributed by atoms with Crippen LogP contribution in [0.2, 0.25) is 0 Å². The van der Waals surface area contributed by atoms with Gasteiger partial charge >= 0.3 is 0 Å². The van der Waals surface area contributed by atoms with Gasteiger partial charge in [0.2, 0.25) is 6.29 Å². The molecule has 0 aliphatic rings. The lowest BCUT2D eigenvalue weighted by Gasteiger charge is -1.90. The van der Waals surface area contributed by atoms with Crippen molar-refractivity contribution < 1.29 is 25.2 Å². The summed E-state index contributed by atoms with van der Waals surface area (Å²) in [4.78, 5) is 9.64. The maximum absolute atomic E-state index is 9.64. The van der Waals surface area contributed by atoms with Gasteiger partial charge in [-0.25, -0.2) is 0 Å². The Balaban J connectivity index is 0. The molecule has 0 atom stereocenters. The van der Waals surface area contributed by atoms with Gasteiger partial charge in [-0.05, 0) is 6.92 Å². The third kappa shape index (κ3) is 15.6. The Hall–Kier alpha value is -0.490. The van der Waals surface area contributed by atoms with Gasteiger partial charge < -0.3 is 20.4 Å². The molecule has 0 fully saturated rings. The number of rotatable bonds is 2. The maximum Gasteiger partial charge on any atom is 0.212 e. The van der Waals surface area contributed by atoms with E-state index in [1.54, 1.807) is 0 Å². The van der Waals surface area contributed by atoms with Crippen molar-refractivity contribution in [2.75, 3.05) is 13.2 Å². The molecule has 0 saturated heterocycles. The van der Waals surface area contributed by atoms with E-state index < -0.39 is 12.1 Å². The predicted octanol–water partition coefficient (Wildman–Crippen LogP) is -2.14. The molecule has 5 heteroatoms. The van der Waals surface area contributed by atoms with E-state index in [-0.39, 0.29) is 13.2 Å². The fourth-order valence-electron chi connectivity index (χ4n) is 0. The molecule has 0 aromatic rings. The Labute approximate surface area is 58.5 Å². The fraction of sp³-hybridized carbons (Fsp3) is 0.800. The molecule has 0 aromatic heterocycles. The minimum absolute atomic E-state index is 0.125. The number of Topliss-reactive ketones (excluding diaryl/α,β-unsaturated/α-hetero) is 1. The summed E-state index contributed by atoms with van der Waals surface area (Å²) in [7, 11) is 0. The van der Waals surface area contributed by atoms with Crippen molar-refractivity contribution in [3.63, 3.8) is 0 Å². The van der Waals surface area contributed by atoms with Crippen LogP contribution in [-0.4, -0.2) is 45.7 Å². The molecule has 0 amide bonds.